The number of phenols is 3. The molecule has 0 radical (unpaired) electrons. The van der Waals surface area contributed by atoms with Crippen molar-refractivity contribution in [3.8, 4) is 17.2 Å². The lowest BCUT2D eigenvalue weighted by molar-refractivity contribution is 0.473. The maximum Gasteiger partial charge on any atom is 0.115 e. The van der Waals surface area contributed by atoms with E-state index in [1.807, 2.05) is 36.4 Å². The first-order valence-corrected chi connectivity index (χ1v) is 12.3. The van der Waals surface area contributed by atoms with Gasteiger partial charge in [-0.25, -0.2) is 0 Å². The third-order valence-corrected chi connectivity index (χ3v) is 7.41. The summed E-state index contributed by atoms with van der Waals surface area (Å²) in [5, 5.41) is 35.1. The Bertz CT molecular complexity index is 1540. The van der Waals surface area contributed by atoms with E-state index in [0.717, 1.165) is 16.7 Å². The van der Waals surface area contributed by atoms with E-state index in [9.17, 15) is 15.3 Å². The molecule has 6 aromatic rings. The topological polar surface area (TPSA) is 60.7 Å². The first kappa shape index (κ1) is 22.7. The molecule has 0 aromatic heterocycles. The molecule has 37 heavy (non-hydrogen) atoms. The Hall–Kier alpha value is -4.76. The number of fused-ring (bicyclic) bond motifs is 2. The second kappa shape index (κ2) is 9.03. The summed E-state index contributed by atoms with van der Waals surface area (Å²) in [4.78, 5) is 0. The number of hydrogen-bond acceptors (Lipinski definition) is 3. The summed E-state index contributed by atoms with van der Waals surface area (Å²) in [6.45, 7) is 0. The first-order chi connectivity index (χ1) is 18.0. The zero-order chi connectivity index (χ0) is 25.4. The Labute approximate surface area is 215 Å². The van der Waals surface area contributed by atoms with Crippen molar-refractivity contribution in [3.05, 3.63) is 150 Å². The van der Waals surface area contributed by atoms with Gasteiger partial charge < -0.3 is 15.3 Å². The third kappa shape index (κ3) is 3.95. The molecule has 0 heterocycles. The van der Waals surface area contributed by atoms with Gasteiger partial charge >= 0.3 is 0 Å². The summed E-state index contributed by atoms with van der Waals surface area (Å²) < 4.78 is 0. The molecule has 0 saturated heterocycles. The van der Waals surface area contributed by atoms with Crippen LogP contribution >= 0.6 is 0 Å². The van der Waals surface area contributed by atoms with Crippen LogP contribution in [0.4, 0.5) is 0 Å². The molecule has 0 aliphatic rings. The standard InChI is InChI=1S/C34H26O3/c35-28-15-9-25(10-16-28)34(26-11-17-29(36)18-12-26,27-13-19-30(37)20-14-27)22-33-31-7-3-1-5-23(31)21-24-6-2-4-8-32(24)33/h1-21,35-37H,22H2. The zero-order valence-corrected chi connectivity index (χ0v) is 20.2. The molecular formula is C34H26O3. The Morgan fingerprint density at radius 2 is 0.784 bits per heavy atom. The number of phenolic OH excluding ortho intramolecular Hbond substituents is 3. The minimum atomic E-state index is -0.679. The highest BCUT2D eigenvalue weighted by molar-refractivity contribution is 6.02. The molecule has 3 N–H and O–H groups in total. The van der Waals surface area contributed by atoms with Gasteiger partial charge in [0.15, 0.2) is 0 Å². The molecule has 0 unspecified atom stereocenters. The second-order valence-electron chi connectivity index (χ2n) is 9.52. The Kier molecular flexibility index (Phi) is 5.54. The SMILES string of the molecule is Oc1ccc(C(Cc2c3ccccc3cc3ccccc23)(c2ccc(O)cc2)c2ccc(O)cc2)cc1. The normalized spacial score (nSPS) is 11.7. The average Bonchev–Trinajstić information content (AvgIpc) is 2.93. The molecule has 0 atom stereocenters. The zero-order valence-electron chi connectivity index (χ0n) is 20.2. The molecule has 180 valence electrons. The van der Waals surface area contributed by atoms with Crippen LogP contribution in [0.5, 0.6) is 17.2 Å². The molecule has 6 aromatic carbocycles. The van der Waals surface area contributed by atoms with Gasteiger partial charge in [-0.2, -0.15) is 0 Å². The maximum absolute atomic E-state index is 10.1. The number of hydrogen-bond donors (Lipinski definition) is 3. The highest BCUT2D eigenvalue weighted by Crippen LogP contribution is 2.45. The highest BCUT2D eigenvalue weighted by Gasteiger charge is 2.37. The van der Waals surface area contributed by atoms with Gasteiger partial charge in [0.1, 0.15) is 17.2 Å². The van der Waals surface area contributed by atoms with Gasteiger partial charge in [-0.3, -0.25) is 0 Å². The molecule has 0 aliphatic heterocycles. The Morgan fingerprint density at radius 3 is 1.16 bits per heavy atom. The summed E-state index contributed by atoms with van der Waals surface area (Å²) >= 11 is 0. The number of rotatable bonds is 5. The van der Waals surface area contributed by atoms with Crippen LogP contribution in [0.1, 0.15) is 22.3 Å². The fourth-order valence-electron chi connectivity index (χ4n) is 5.61. The lowest BCUT2D eigenvalue weighted by atomic mass is 9.65. The Balaban J connectivity index is 1.73. The summed E-state index contributed by atoms with van der Waals surface area (Å²) in [5.74, 6) is 0.596. The fourth-order valence-corrected chi connectivity index (χ4v) is 5.61. The van der Waals surface area contributed by atoms with E-state index in [0.29, 0.717) is 6.42 Å². The molecular weight excluding hydrogens is 456 g/mol. The highest BCUT2D eigenvalue weighted by atomic mass is 16.3. The van der Waals surface area contributed by atoms with Crippen LogP contribution in [0.2, 0.25) is 0 Å². The minimum Gasteiger partial charge on any atom is -0.508 e. The van der Waals surface area contributed by atoms with E-state index in [4.69, 9.17) is 0 Å². The van der Waals surface area contributed by atoms with Crippen LogP contribution in [0, 0.1) is 0 Å². The van der Waals surface area contributed by atoms with E-state index in [2.05, 4.69) is 54.6 Å². The molecule has 3 heteroatoms. The van der Waals surface area contributed by atoms with Crippen molar-refractivity contribution in [2.24, 2.45) is 0 Å². The summed E-state index contributed by atoms with van der Waals surface area (Å²) in [6, 6.07) is 41.2. The van der Waals surface area contributed by atoms with Gasteiger partial charge in [0.25, 0.3) is 0 Å². The average molecular weight is 483 g/mol. The van der Waals surface area contributed by atoms with Crippen molar-refractivity contribution in [2.45, 2.75) is 11.8 Å². The van der Waals surface area contributed by atoms with Gasteiger partial charge in [-0.1, -0.05) is 84.9 Å². The van der Waals surface area contributed by atoms with Crippen LogP contribution in [0.15, 0.2) is 127 Å². The van der Waals surface area contributed by atoms with Gasteiger partial charge in [0.05, 0.1) is 0 Å². The van der Waals surface area contributed by atoms with Gasteiger partial charge in [-0.05, 0) is 92.7 Å². The summed E-state index contributed by atoms with van der Waals surface area (Å²) in [6.07, 6.45) is 0.620. The van der Waals surface area contributed by atoms with Crippen molar-refractivity contribution in [2.75, 3.05) is 0 Å². The van der Waals surface area contributed by atoms with Gasteiger partial charge in [0.2, 0.25) is 0 Å². The summed E-state index contributed by atoms with van der Waals surface area (Å²) in [5.41, 5.74) is 3.53. The monoisotopic (exact) mass is 482 g/mol. The lowest BCUT2D eigenvalue weighted by Crippen LogP contribution is -2.32. The van der Waals surface area contributed by atoms with E-state index < -0.39 is 5.41 Å². The Morgan fingerprint density at radius 1 is 0.432 bits per heavy atom. The van der Waals surface area contributed by atoms with Gasteiger partial charge in [-0.15, -0.1) is 0 Å². The van der Waals surface area contributed by atoms with Crippen molar-refractivity contribution < 1.29 is 15.3 Å². The fraction of sp³-hybridized carbons (Fsp3) is 0.0588. The van der Waals surface area contributed by atoms with E-state index in [-0.39, 0.29) is 17.2 Å². The van der Waals surface area contributed by atoms with Crippen molar-refractivity contribution >= 4 is 21.5 Å². The lowest BCUT2D eigenvalue weighted by Gasteiger charge is -2.37. The molecule has 0 saturated carbocycles. The van der Waals surface area contributed by atoms with Crippen LogP contribution in [-0.2, 0) is 11.8 Å². The predicted molar refractivity (Wildman–Crippen MR) is 149 cm³/mol. The molecule has 0 bridgehead atoms. The third-order valence-electron chi connectivity index (χ3n) is 7.41. The van der Waals surface area contributed by atoms with E-state index in [1.54, 1.807) is 36.4 Å². The summed E-state index contributed by atoms with van der Waals surface area (Å²) in [7, 11) is 0. The molecule has 0 aliphatic carbocycles. The van der Waals surface area contributed by atoms with Crippen LogP contribution in [-0.4, -0.2) is 15.3 Å². The molecule has 0 spiro atoms. The largest absolute Gasteiger partial charge is 0.508 e. The smallest absolute Gasteiger partial charge is 0.115 e. The van der Waals surface area contributed by atoms with Crippen molar-refractivity contribution in [1.29, 1.82) is 0 Å². The predicted octanol–water partition coefficient (Wildman–Crippen LogP) is 7.69. The van der Waals surface area contributed by atoms with E-state index >= 15 is 0 Å². The number of benzene rings is 6. The molecule has 3 nitrogen and oxygen atoms in total. The molecule has 6 rings (SSSR count). The maximum atomic E-state index is 10.1. The van der Waals surface area contributed by atoms with Crippen molar-refractivity contribution in [1.82, 2.24) is 0 Å². The van der Waals surface area contributed by atoms with Crippen LogP contribution in [0.3, 0.4) is 0 Å². The first-order valence-electron chi connectivity index (χ1n) is 12.3. The van der Waals surface area contributed by atoms with Crippen LogP contribution < -0.4 is 0 Å². The van der Waals surface area contributed by atoms with Crippen LogP contribution in [0.25, 0.3) is 21.5 Å². The second-order valence-corrected chi connectivity index (χ2v) is 9.52. The quantitative estimate of drug-likeness (QED) is 0.174. The van der Waals surface area contributed by atoms with Crippen molar-refractivity contribution in [3.63, 3.8) is 0 Å². The molecule has 0 fully saturated rings. The number of aromatic hydroxyl groups is 3. The van der Waals surface area contributed by atoms with Gasteiger partial charge in [0, 0.05) is 5.41 Å². The molecule has 0 amide bonds. The van der Waals surface area contributed by atoms with E-state index in [1.165, 1.54) is 27.1 Å². The minimum absolute atomic E-state index is 0.199.